The first-order chi connectivity index (χ1) is 19.1. The summed E-state index contributed by atoms with van der Waals surface area (Å²) < 4.78 is 48.4. The molecule has 3 aromatic rings. The van der Waals surface area contributed by atoms with E-state index in [2.05, 4.69) is 10.3 Å². The minimum absolute atomic E-state index is 0.0759. The van der Waals surface area contributed by atoms with Crippen LogP contribution in [0.3, 0.4) is 0 Å². The quantitative estimate of drug-likeness (QED) is 0.256. The third-order valence-electron chi connectivity index (χ3n) is 6.00. The van der Waals surface area contributed by atoms with Crippen molar-refractivity contribution in [1.82, 2.24) is 10.3 Å². The molecule has 0 unspecified atom stereocenters. The van der Waals surface area contributed by atoms with E-state index in [4.69, 9.17) is 18.9 Å². The summed E-state index contributed by atoms with van der Waals surface area (Å²) in [7, 11) is 1.36. The van der Waals surface area contributed by atoms with Crippen molar-refractivity contribution < 1.29 is 42.1 Å². The van der Waals surface area contributed by atoms with Crippen LogP contribution in [0.1, 0.15) is 54.7 Å². The first-order valence-electron chi connectivity index (χ1n) is 12.5. The fraction of sp³-hybridized carbons (Fsp3) is 0.310. The number of nitrogens with one attached hydrogen (secondary N) is 1. The van der Waals surface area contributed by atoms with Crippen molar-refractivity contribution in [2.24, 2.45) is 0 Å². The van der Waals surface area contributed by atoms with Gasteiger partial charge < -0.3 is 24.3 Å². The Bertz CT molecular complexity index is 1270. The molecule has 0 saturated carbocycles. The second-order valence-corrected chi connectivity index (χ2v) is 8.75. The van der Waals surface area contributed by atoms with Crippen LogP contribution in [0.2, 0.25) is 0 Å². The summed E-state index contributed by atoms with van der Waals surface area (Å²) in [6, 6.07) is 11.8. The zero-order chi connectivity index (χ0) is 29.2. The Morgan fingerprint density at radius 2 is 1.52 bits per heavy atom. The van der Waals surface area contributed by atoms with Gasteiger partial charge >= 0.3 is 11.9 Å². The van der Waals surface area contributed by atoms with Crippen LogP contribution < -0.4 is 14.8 Å². The molecule has 0 bridgehead atoms. The highest BCUT2D eigenvalue weighted by atomic mass is 19.1. The fourth-order valence-corrected chi connectivity index (χ4v) is 4.03. The van der Waals surface area contributed by atoms with Gasteiger partial charge in [0.25, 0.3) is 5.91 Å². The molecule has 9 nitrogen and oxygen atoms in total. The number of carbonyl (C=O) groups is 3. The van der Waals surface area contributed by atoms with E-state index in [9.17, 15) is 23.2 Å². The number of methoxy groups -OCH3 is 1. The van der Waals surface area contributed by atoms with Gasteiger partial charge in [0.2, 0.25) is 6.79 Å². The normalized spacial score (nSPS) is 12.3. The molecule has 11 heteroatoms. The summed E-state index contributed by atoms with van der Waals surface area (Å²) in [5.74, 6) is -3.36. The van der Waals surface area contributed by atoms with Gasteiger partial charge in [-0.3, -0.25) is 9.59 Å². The molecule has 0 aliphatic heterocycles. The molecule has 1 aromatic heterocycles. The monoisotopic (exact) mass is 556 g/mol. The molecule has 3 rings (SSSR count). The molecule has 40 heavy (non-hydrogen) atoms. The van der Waals surface area contributed by atoms with Crippen molar-refractivity contribution in [3.8, 4) is 11.5 Å². The fourth-order valence-electron chi connectivity index (χ4n) is 4.03. The molecule has 0 radical (unpaired) electrons. The number of hydrogen-bond donors (Lipinski definition) is 1. The average Bonchev–Trinajstić information content (AvgIpc) is 2.93. The average molecular weight is 557 g/mol. The molecular weight excluding hydrogens is 526 g/mol. The number of halogens is 2. The molecule has 0 aliphatic rings. The molecule has 0 spiro atoms. The summed E-state index contributed by atoms with van der Waals surface area (Å²) in [6.07, 6.45) is 0.735. The van der Waals surface area contributed by atoms with Crippen molar-refractivity contribution in [3.05, 3.63) is 89.2 Å². The van der Waals surface area contributed by atoms with Crippen molar-refractivity contribution in [2.75, 3.05) is 13.9 Å². The number of aromatic nitrogens is 1. The van der Waals surface area contributed by atoms with Gasteiger partial charge in [0.15, 0.2) is 17.2 Å². The van der Waals surface area contributed by atoms with Crippen molar-refractivity contribution >= 4 is 17.8 Å². The van der Waals surface area contributed by atoms with E-state index in [1.807, 2.05) is 0 Å². The van der Waals surface area contributed by atoms with E-state index in [0.717, 1.165) is 0 Å². The molecule has 1 N–H and O–H groups in total. The molecule has 2 aromatic carbocycles. The van der Waals surface area contributed by atoms with Gasteiger partial charge in [-0.2, -0.15) is 0 Å². The summed E-state index contributed by atoms with van der Waals surface area (Å²) in [5.41, 5.74) is 1.11. The van der Waals surface area contributed by atoms with Crippen LogP contribution in [0.5, 0.6) is 11.5 Å². The molecular formula is C29H30F2N2O7. The van der Waals surface area contributed by atoms with E-state index < -0.39 is 54.3 Å². The Morgan fingerprint density at radius 1 is 0.950 bits per heavy atom. The van der Waals surface area contributed by atoms with E-state index in [1.165, 1.54) is 50.6 Å². The number of carbonyl (C=O) groups excluding carboxylic acids is 3. The largest absolute Gasteiger partial charge is 0.493 e. The molecule has 1 amide bonds. The van der Waals surface area contributed by atoms with Crippen LogP contribution in [0, 0.1) is 11.6 Å². The van der Waals surface area contributed by atoms with Crippen LogP contribution in [-0.4, -0.2) is 48.9 Å². The molecule has 0 saturated heterocycles. The van der Waals surface area contributed by atoms with Crippen LogP contribution in [0.15, 0.2) is 60.8 Å². The van der Waals surface area contributed by atoms with Crippen LogP contribution in [0.4, 0.5) is 8.78 Å². The number of pyridine rings is 1. The predicted molar refractivity (Wildman–Crippen MR) is 140 cm³/mol. The van der Waals surface area contributed by atoms with Gasteiger partial charge in [-0.25, -0.2) is 18.6 Å². The lowest BCUT2D eigenvalue weighted by molar-refractivity contribution is -0.151. The highest BCUT2D eigenvalue weighted by Crippen LogP contribution is 2.31. The lowest BCUT2D eigenvalue weighted by Gasteiger charge is -2.27. The Labute approximate surface area is 230 Å². The number of hydrogen-bond acceptors (Lipinski definition) is 8. The lowest BCUT2D eigenvalue weighted by Crippen LogP contribution is -2.43. The molecule has 2 atom stereocenters. The lowest BCUT2D eigenvalue weighted by atomic mass is 9.87. The number of amides is 1. The van der Waals surface area contributed by atoms with Gasteiger partial charge in [0.05, 0.1) is 7.11 Å². The maximum Gasteiger partial charge on any atom is 0.328 e. The van der Waals surface area contributed by atoms with E-state index in [1.54, 1.807) is 38.1 Å². The highest BCUT2D eigenvalue weighted by Gasteiger charge is 2.30. The van der Waals surface area contributed by atoms with E-state index in [0.29, 0.717) is 11.1 Å². The van der Waals surface area contributed by atoms with Crippen molar-refractivity contribution in [2.45, 2.75) is 45.3 Å². The predicted octanol–water partition coefficient (Wildman–Crippen LogP) is 4.54. The first-order valence-corrected chi connectivity index (χ1v) is 12.5. The maximum absolute atomic E-state index is 13.6. The van der Waals surface area contributed by atoms with E-state index >= 15 is 0 Å². The number of ether oxygens (including phenoxy) is 4. The second-order valence-electron chi connectivity index (χ2n) is 8.75. The third kappa shape index (κ3) is 7.75. The van der Waals surface area contributed by atoms with Gasteiger partial charge in [-0.1, -0.05) is 31.2 Å². The van der Waals surface area contributed by atoms with Gasteiger partial charge in [-0.05, 0) is 48.7 Å². The number of benzene rings is 2. The van der Waals surface area contributed by atoms with Crippen LogP contribution in [0.25, 0.3) is 0 Å². The maximum atomic E-state index is 13.6. The number of rotatable bonds is 12. The summed E-state index contributed by atoms with van der Waals surface area (Å²) >= 11 is 0. The highest BCUT2D eigenvalue weighted by molar-refractivity contribution is 5.98. The summed E-state index contributed by atoms with van der Waals surface area (Å²) in [4.78, 5) is 41.5. The van der Waals surface area contributed by atoms with Crippen molar-refractivity contribution in [3.63, 3.8) is 0 Å². The molecule has 212 valence electrons. The zero-order valence-corrected chi connectivity index (χ0v) is 22.5. The van der Waals surface area contributed by atoms with Gasteiger partial charge in [-0.15, -0.1) is 0 Å². The smallest absolute Gasteiger partial charge is 0.328 e. The second kappa shape index (κ2) is 14.0. The SMILES string of the molecule is CC[C@H](NC(=O)c1nccc(OC)c1OCOC(C)=O)C(=O)O[C@@H](C)C(c1ccc(F)cc1)c1ccc(F)cc1. The standard InChI is InChI=1S/C29H30F2N2O7/c1-5-23(33-28(35)26-27(39-16-38-18(3)34)24(37-4)14-15-32-26)29(36)40-17(2)25(19-6-10-21(30)11-7-19)20-8-12-22(31)13-9-20/h6-15,17,23,25H,5,16H2,1-4H3,(H,33,35)/t17-,23-/m0/s1. The number of esters is 2. The van der Waals surface area contributed by atoms with Crippen molar-refractivity contribution in [1.29, 1.82) is 0 Å². The van der Waals surface area contributed by atoms with Gasteiger partial charge in [0.1, 0.15) is 23.8 Å². The molecule has 0 fully saturated rings. The first kappa shape index (κ1) is 30.0. The minimum atomic E-state index is -1.06. The molecule has 1 heterocycles. The molecule has 0 aliphatic carbocycles. The van der Waals surface area contributed by atoms with Crippen LogP contribution >= 0.6 is 0 Å². The Hall–Kier alpha value is -4.54. The zero-order valence-electron chi connectivity index (χ0n) is 22.5. The Balaban J connectivity index is 1.79. The van der Waals surface area contributed by atoms with Gasteiger partial charge in [0, 0.05) is 25.1 Å². The minimum Gasteiger partial charge on any atom is -0.493 e. The summed E-state index contributed by atoms with van der Waals surface area (Å²) in [5, 5.41) is 2.59. The topological polar surface area (TPSA) is 113 Å². The number of nitrogens with zero attached hydrogens (tertiary/aromatic N) is 1. The Morgan fingerprint density at radius 3 is 2.02 bits per heavy atom. The van der Waals surface area contributed by atoms with Crippen LogP contribution in [-0.2, 0) is 19.1 Å². The Kier molecular flexibility index (Phi) is 10.5. The van der Waals surface area contributed by atoms with E-state index in [-0.39, 0.29) is 23.6 Å². The summed E-state index contributed by atoms with van der Waals surface area (Å²) in [6.45, 7) is 4.06. The third-order valence-corrected chi connectivity index (χ3v) is 6.00.